The van der Waals surface area contributed by atoms with Crippen molar-refractivity contribution < 1.29 is 9.21 Å². The Morgan fingerprint density at radius 2 is 1.75 bits per heavy atom. The summed E-state index contributed by atoms with van der Waals surface area (Å²) in [7, 11) is 0. The van der Waals surface area contributed by atoms with Gasteiger partial charge in [0.2, 0.25) is 0 Å². The van der Waals surface area contributed by atoms with Crippen LogP contribution in [-0.4, -0.2) is 5.91 Å². The summed E-state index contributed by atoms with van der Waals surface area (Å²) < 4.78 is 5.45. The molecule has 1 amide bonds. The van der Waals surface area contributed by atoms with Crippen molar-refractivity contribution in [2.24, 2.45) is 0 Å². The molecule has 1 heterocycles. The summed E-state index contributed by atoms with van der Waals surface area (Å²) in [5.74, 6) is 1.06. The third-order valence-corrected chi connectivity index (χ3v) is 3.59. The number of halogens is 1. The number of hydrogen-bond acceptors (Lipinski definition) is 2. The van der Waals surface area contributed by atoms with Crippen LogP contribution in [0.1, 0.15) is 38.6 Å². The van der Waals surface area contributed by atoms with Gasteiger partial charge >= 0.3 is 0 Å². The Kier molecular flexibility index (Phi) is 4.19. The smallest absolute Gasteiger partial charge is 0.291 e. The minimum absolute atomic E-state index is 0.250. The average molecular weight is 292 g/mol. The molecule has 2 aromatic rings. The van der Waals surface area contributed by atoms with Gasteiger partial charge in [-0.25, -0.2) is 0 Å². The number of anilines is 1. The highest BCUT2D eigenvalue weighted by Crippen LogP contribution is 2.24. The molecular weight excluding hydrogens is 274 g/mol. The second-order valence-electron chi connectivity index (χ2n) is 5.05. The fourth-order valence-corrected chi connectivity index (χ4v) is 2.58. The van der Waals surface area contributed by atoms with Crippen LogP contribution in [0.25, 0.3) is 0 Å². The van der Waals surface area contributed by atoms with Crippen molar-refractivity contribution in [3.8, 4) is 0 Å². The van der Waals surface area contributed by atoms with Crippen molar-refractivity contribution in [1.29, 1.82) is 0 Å². The SMILES string of the molecule is Cc1cc(C)c(NC(=O)c2cc(CCl)c(C)o2)c(C)c1. The number of nitrogens with one attached hydrogen (secondary N) is 1. The van der Waals surface area contributed by atoms with E-state index in [4.69, 9.17) is 16.0 Å². The van der Waals surface area contributed by atoms with Gasteiger partial charge in [-0.2, -0.15) is 0 Å². The van der Waals surface area contributed by atoms with E-state index < -0.39 is 0 Å². The molecule has 0 atom stereocenters. The lowest BCUT2D eigenvalue weighted by molar-refractivity contribution is 0.0995. The van der Waals surface area contributed by atoms with Crippen LogP contribution >= 0.6 is 11.6 Å². The zero-order valence-electron chi connectivity index (χ0n) is 12.1. The largest absolute Gasteiger partial charge is 0.456 e. The maximum atomic E-state index is 12.2. The maximum Gasteiger partial charge on any atom is 0.291 e. The molecule has 0 saturated carbocycles. The summed E-state index contributed by atoms with van der Waals surface area (Å²) in [5.41, 5.74) is 4.93. The summed E-state index contributed by atoms with van der Waals surface area (Å²) in [6.45, 7) is 7.80. The van der Waals surface area contributed by atoms with Gasteiger partial charge in [0.25, 0.3) is 5.91 Å². The van der Waals surface area contributed by atoms with E-state index in [9.17, 15) is 4.79 Å². The third-order valence-electron chi connectivity index (χ3n) is 3.30. The molecule has 2 rings (SSSR count). The minimum Gasteiger partial charge on any atom is -0.456 e. The van der Waals surface area contributed by atoms with Crippen molar-refractivity contribution >= 4 is 23.2 Å². The first-order chi connectivity index (χ1) is 9.42. The molecule has 20 heavy (non-hydrogen) atoms. The second-order valence-corrected chi connectivity index (χ2v) is 5.32. The molecule has 0 radical (unpaired) electrons. The summed E-state index contributed by atoms with van der Waals surface area (Å²) >= 11 is 5.79. The second kappa shape index (κ2) is 5.71. The summed E-state index contributed by atoms with van der Waals surface area (Å²) in [6.07, 6.45) is 0. The van der Waals surface area contributed by atoms with E-state index in [0.29, 0.717) is 11.6 Å². The van der Waals surface area contributed by atoms with Crippen LogP contribution in [0.4, 0.5) is 5.69 Å². The van der Waals surface area contributed by atoms with Crippen molar-refractivity contribution in [3.63, 3.8) is 0 Å². The van der Waals surface area contributed by atoms with Crippen molar-refractivity contribution in [1.82, 2.24) is 0 Å². The van der Waals surface area contributed by atoms with Gasteiger partial charge in [0.15, 0.2) is 5.76 Å². The molecule has 0 fully saturated rings. The Balaban J connectivity index is 2.28. The number of furan rings is 1. The number of carbonyl (C=O) groups is 1. The van der Waals surface area contributed by atoms with Crippen molar-refractivity contribution in [2.75, 3.05) is 5.32 Å². The number of alkyl halides is 1. The quantitative estimate of drug-likeness (QED) is 0.846. The molecule has 1 aromatic heterocycles. The van der Waals surface area contributed by atoms with Gasteiger partial charge in [-0.3, -0.25) is 4.79 Å². The Hall–Kier alpha value is -1.74. The normalized spacial score (nSPS) is 10.7. The zero-order valence-corrected chi connectivity index (χ0v) is 12.9. The van der Waals surface area contributed by atoms with Crippen LogP contribution in [0.3, 0.4) is 0 Å². The molecule has 0 bridgehead atoms. The highest BCUT2D eigenvalue weighted by Gasteiger charge is 2.16. The molecule has 106 valence electrons. The molecule has 0 aliphatic carbocycles. The lowest BCUT2D eigenvalue weighted by Gasteiger charge is -2.11. The van der Waals surface area contributed by atoms with E-state index in [1.807, 2.05) is 32.9 Å². The molecule has 0 aliphatic rings. The first kappa shape index (κ1) is 14.7. The van der Waals surface area contributed by atoms with E-state index in [1.165, 1.54) is 5.56 Å². The van der Waals surface area contributed by atoms with Crippen LogP contribution in [0.5, 0.6) is 0 Å². The predicted molar refractivity (Wildman–Crippen MR) is 81.6 cm³/mol. The lowest BCUT2D eigenvalue weighted by Crippen LogP contribution is -2.13. The average Bonchev–Trinajstić information content (AvgIpc) is 2.75. The van der Waals surface area contributed by atoms with Crippen LogP contribution in [0.15, 0.2) is 22.6 Å². The maximum absolute atomic E-state index is 12.2. The number of rotatable bonds is 3. The third kappa shape index (κ3) is 2.88. The van der Waals surface area contributed by atoms with Gasteiger partial charge in [0.05, 0.1) is 5.88 Å². The summed E-state index contributed by atoms with van der Waals surface area (Å²) in [5, 5.41) is 2.91. The van der Waals surface area contributed by atoms with Gasteiger partial charge < -0.3 is 9.73 Å². The predicted octanol–water partition coefficient (Wildman–Crippen LogP) is 4.50. The Labute approximate surface area is 123 Å². The highest BCUT2D eigenvalue weighted by atomic mass is 35.5. The van der Waals surface area contributed by atoms with Gasteiger partial charge in [-0.15, -0.1) is 11.6 Å². The van der Waals surface area contributed by atoms with Crippen LogP contribution in [0, 0.1) is 27.7 Å². The van der Waals surface area contributed by atoms with Gasteiger partial charge in [0.1, 0.15) is 5.76 Å². The minimum atomic E-state index is -0.250. The Morgan fingerprint density at radius 1 is 1.15 bits per heavy atom. The summed E-state index contributed by atoms with van der Waals surface area (Å²) in [4.78, 5) is 12.2. The van der Waals surface area contributed by atoms with Gasteiger partial charge in [-0.05, 0) is 44.9 Å². The summed E-state index contributed by atoms with van der Waals surface area (Å²) in [6, 6.07) is 5.77. The molecule has 0 aliphatic heterocycles. The van der Waals surface area contributed by atoms with E-state index in [-0.39, 0.29) is 11.7 Å². The molecule has 0 unspecified atom stereocenters. The van der Waals surface area contributed by atoms with E-state index in [1.54, 1.807) is 13.0 Å². The fraction of sp³-hybridized carbons (Fsp3) is 0.312. The van der Waals surface area contributed by atoms with Crippen molar-refractivity contribution in [3.05, 3.63) is 52.0 Å². The van der Waals surface area contributed by atoms with E-state index in [2.05, 4.69) is 5.32 Å². The molecule has 0 saturated heterocycles. The first-order valence-electron chi connectivity index (χ1n) is 6.47. The number of carbonyl (C=O) groups excluding carboxylic acids is 1. The van der Waals surface area contributed by atoms with Gasteiger partial charge in [-0.1, -0.05) is 17.7 Å². The first-order valence-corrected chi connectivity index (χ1v) is 7.00. The zero-order chi connectivity index (χ0) is 14.9. The van der Waals surface area contributed by atoms with Crippen LogP contribution in [0.2, 0.25) is 0 Å². The topological polar surface area (TPSA) is 42.2 Å². The molecule has 1 aromatic carbocycles. The fourth-order valence-electron chi connectivity index (χ4n) is 2.32. The van der Waals surface area contributed by atoms with Crippen molar-refractivity contribution in [2.45, 2.75) is 33.6 Å². The number of hydrogen-bond donors (Lipinski definition) is 1. The van der Waals surface area contributed by atoms with E-state index in [0.717, 1.165) is 22.4 Å². The number of benzene rings is 1. The lowest BCUT2D eigenvalue weighted by atomic mass is 10.1. The molecule has 0 spiro atoms. The van der Waals surface area contributed by atoms with E-state index >= 15 is 0 Å². The van der Waals surface area contributed by atoms with Crippen LogP contribution < -0.4 is 5.32 Å². The standard InChI is InChI=1S/C16H18ClNO2/c1-9-5-10(2)15(11(3)6-9)18-16(19)14-7-13(8-17)12(4)20-14/h5-7H,8H2,1-4H3,(H,18,19). The number of amides is 1. The highest BCUT2D eigenvalue weighted by molar-refractivity contribution is 6.17. The Bertz CT molecular complexity index is 635. The molecule has 1 N–H and O–H groups in total. The molecule has 4 heteroatoms. The number of aryl methyl sites for hydroxylation is 4. The Morgan fingerprint density at radius 3 is 2.25 bits per heavy atom. The molecular formula is C16H18ClNO2. The van der Waals surface area contributed by atoms with Gasteiger partial charge in [0, 0.05) is 11.3 Å². The van der Waals surface area contributed by atoms with Crippen LogP contribution in [-0.2, 0) is 5.88 Å². The monoisotopic (exact) mass is 291 g/mol. The molecule has 3 nitrogen and oxygen atoms in total.